The van der Waals surface area contributed by atoms with Crippen LogP contribution in [0.3, 0.4) is 0 Å². The standard InChI is InChI=1S/C6H13O5P/c1-2-9-6(7)5-12(8)10-3-4-11-12/h8,12H,2-5H2,1H3. The molecule has 1 N–H and O–H groups in total. The first-order chi connectivity index (χ1) is 5.66. The molecule has 5 nitrogen and oxygen atoms in total. The number of carbonyl (C=O) groups is 1. The summed E-state index contributed by atoms with van der Waals surface area (Å²) in [6.07, 6.45) is -0.138. The van der Waals surface area contributed by atoms with Gasteiger partial charge in [-0.25, -0.2) is 0 Å². The quantitative estimate of drug-likeness (QED) is 0.511. The summed E-state index contributed by atoms with van der Waals surface area (Å²) in [5.41, 5.74) is 0. The molecule has 0 saturated carbocycles. The summed E-state index contributed by atoms with van der Waals surface area (Å²) in [4.78, 5) is 20.4. The summed E-state index contributed by atoms with van der Waals surface area (Å²) in [5, 5.41) is 0. The average Bonchev–Trinajstić information content (AvgIpc) is 2.36. The van der Waals surface area contributed by atoms with Gasteiger partial charge in [-0.05, 0) is 0 Å². The molecule has 72 valence electrons. The van der Waals surface area contributed by atoms with Gasteiger partial charge in [-0.3, -0.25) is 0 Å². The summed E-state index contributed by atoms with van der Waals surface area (Å²) in [6, 6.07) is 0. The van der Waals surface area contributed by atoms with Crippen LogP contribution in [-0.2, 0) is 18.6 Å². The zero-order valence-electron chi connectivity index (χ0n) is 6.91. The van der Waals surface area contributed by atoms with Crippen LogP contribution in [-0.4, -0.2) is 36.8 Å². The van der Waals surface area contributed by atoms with E-state index in [4.69, 9.17) is 9.05 Å². The maximum atomic E-state index is 10.9. The first-order valence-electron chi connectivity index (χ1n) is 3.82. The molecule has 0 unspecified atom stereocenters. The molecule has 1 saturated heterocycles. The van der Waals surface area contributed by atoms with Crippen molar-refractivity contribution in [2.45, 2.75) is 6.92 Å². The molecular weight excluding hydrogens is 183 g/mol. The van der Waals surface area contributed by atoms with Crippen LogP contribution in [0.15, 0.2) is 0 Å². The zero-order chi connectivity index (χ0) is 9.03. The summed E-state index contributed by atoms with van der Waals surface area (Å²) in [6.45, 7) is 2.74. The topological polar surface area (TPSA) is 65.0 Å². The van der Waals surface area contributed by atoms with Gasteiger partial charge < -0.3 is 0 Å². The van der Waals surface area contributed by atoms with E-state index in [-0.39, 0.29) is 6.16 Å². The summed E-state index contributed by atoms with van der Waals surface area (Å²) < 4.78 is 14.5. The van der Waals surface area contributed by atoms with Crippen molar-refractivity contribution in [3.63, 3.8) is 0 Å². The summed E-state index contributed by atoms with van der Waals surface area (Å²) >= 11 is 0. The van der Waals surface area contributed by atoms with Crippen LogP contribution in [0.4, 0.5) is 0 Å². The van der Waals surface area contributed by atoms with E-state index in [0.29, 0.717) is 19.8 Å². The zero-order valence-corrected chi connectivity index (χ0v) is 7.91. The van der Waals surface area contributed by atoms with Crippen LogP contribution < -0.4 is 0 Å². The van der Waals surface area contributed by atoms with Gasteiger partial charge in [0.2, 0.25) is 0 Å². The minimum absolute atomic E-state index is 0.138. The molecule has 1 rings (SSSR count). The molecular formula is C6H13O5P. The molecule has 0 atom stereocenters. The van der Waals surface area contributed by atoms with Crippen molar-refractivity contribution in [2.75, 3.05) is 26.0 Å². The molecule has 0 aromatic carbocycles. The molecule has 0 aromatic heterocycles. The second kappa shape index (κ2) is 4.14. The van der Waals surface area contributed by atoms with Gasteiger partial charge in [-0.2, -0.15) is 0 Å². The van der Waals surface area contributed by atoms with Gasteiger partial charge >= 0.3 is 70.3 Å². The summed E-state index contributed by atoms with van der Waals surface area (Å²) in [7, 11) is -3.16. The number of esters is 1. The van der Waals surface area contributed by atoms with Crippen molar-refractivity contribution in [1.82, 2.24) is 0 Å². The van der Waals surface area contributed by atoms with Crippen LogP contribution in [0.1, 0.15) is 6.92 Å². The fraction of sp³-hybridized carbons (Fsp3) is 0.833. The van der Waals surface area contributed by atoms with E-state index in [0.717, 1.165) is 0 Å². The second-order valence-corrected chi connectivity index (χ2v) is 4.75. The molecule has 0 radical (unpaired) electrons. The van der Waals surface area contributed by atoms with E-state index in [1.807, 2.05) is 0 Å². The van der Waals surface area contributed by atoms with Gasteiger partial charge in [0.25, 0.3) is 0 Å². The monoisotopic (exact) mass is 196 g/mol. The van der Waals surface area contributed by atoms with E-state index >= 15 is 0 Å². The Morgan fingerprint density at radius 1 is 1.58 bits per heavy atom. The Hall–Kier alpha value is -0.220. The fourth-order valence-electron chi connectivity index (χ4n) is 0.940. The first kappa shape index (κ1) is 9.86. The molecule has 12 heavy (non-hydrogen) atoms. The number of ether oxygens (including phenoxy) is 1. The normalized spacial score (nSPS) is 23.5. The third-order valence-electron chi connectivity index (χ3n) is 1.41. The van der Waals surface area contributed by atoms with E-state index in [1.165, 1.54) is 0 Å². The molecule has 0 amide bonds. The van der Waals surface area contributed by atoms with Crippen LogP contribution >= 0.6 is 7.94 Å². The van der Waals surface area contributed by atoms with E-state index in [1.54, 1.807) is 6.92 Å². The SMILES string of the molecule is CCOC(=O)C[PH]1(O)OCCO1. The molecule has 1 aliphatic rings. The van der Waals surface area contributed by atoms with Crippen LogP contribution in [0.2, 0.25) is 0 Å². The molecule has 6 heteroatoms. The number of carbonyl (C=O) groups excluding carboxylic acids is 1. The van der Waals surface area contributed by atoms with Crippen molar-refractivity contribution in [1.29, 1.82) is 0 Å². The average molecular weight is 196 g/mol. The predicted molar refractivity (Wildman–Crippen MR) is 43.9 cm³/mol. The first-order valence-corrected chi connectivity index (χ1v) is 5.79. The number of hydrogen-bond donors (Lipinski definition) is 1. The van der Waals surface area contributed by atoms with Crippen molar-refractivity contribution in [3.05, 3.63) is 0 Å². The van der Waals surface area contributed by atoms with E-state index < -0.39 is 13.9 Å². The Morgan fingerprint density at radius 3 is 2.67 bits per heavy atom. The third-order valence-corrected chi connectivity index (χ3v) is 3.46. The Balaban J connectivity index is 2.33. The second-order valence-electron chi connectivity index (χ2n) is 2.39. The minimum atomic E-state index is -3.16. The van der Waals surface area contributed by atoms with Gasteiger partial charge in [0.15, 0.2) is 0 Å². The van der Waals surface area contributed by atoms with Gasteiger partial charge in [-0.1, -0.05) is 0 Å². The number of rotatable bonds is 3. The molecule has 1 fully saturated rings. The van der Waals surface area contributed by atoms with E-state index in [2.05, 4.69) is 4.74 Å². The maximum absolute atomic E-state index is 10.9. The van der Waals surface area contributed by atoms with Gasteiger partial charge in [-0.15, -0.1) is 0 Å². The van der Waals surface area contributed by atoms with Crippen molar-refractivity contribution >= 4 is 13.9 Å². The molecule has 1 heterocycles. The Bertz CT molecular complexity index is 165. The predicted octanol–water partition coefficient (Wildman–Crippen LogP) is 0.0835. The Labute approximate surface area is 71.2 Å². The van der Waals surface area contributed by atoms with Gasteiger partial charge in [0.05, 0.1) is 0 Å². The number of hydrogen-bond acceptors (Lipinski definition) is 5. The molecule has 0 aromatic rings. The summed E-state index contributed by atoms with van der Waals surface area (Å²) in [5.74, 6) is -0.464. The van der Waals surface area contributed by atoms with Crippen LogP contribution in [0.5, 0.6) is 0 Å². The van der Waals surface area contributed by atoms with Crippen LogP contribution in [0.25, 0.3) is 0 Å². The molecule has 0 spiro atoms. The Kier molecular flexibility index (Phi) is 3.40. The van der Waals surface area contributed by atoms with Crippen molar-refractivity contribution < 1.29 is 23.5 Å². The molecule has 1 aliphatic heterocycles. The van der Waals surface area contributed by atoms with E-state index in [9.17, 15) is 9.69 Å². The fourth-order valence-corrected chi connectivity index (χ4v) is 2.50. The third kappa shape index (κ3) is 2.68. The van der Waals surface area contributed by atoms with Crippen molar-refractivity contribution in [2.24, 2.45) is 0 Å². The Morgan fingerprint density at radius 2 is 2.17 bits per heavy atom. The molecule has 0 aliphatic carbocycles. The van der Waals surface area contributed by atoms with Crippen molar-refractivity contribution in [3.8, 4) is 0 Å². The van der Waals surface area contributed by atoms with Gasteiger partial charge in [0.1, 0.15) is 0 Å². The molecule has 0 bridgehead atoms. The van der Waals surface area contributed by atoms with Gasteiger partial charge in [0, 0.05) is 0 Å². The van der Waals surface area contributed by atoms with Crippen LogP contribution in [0, 0.1) is 0 Å².